The molecule has 4 aliphatic rings. The number of hydrogen-bond donors (Lipinski definition) is 2. The number of piperidine rings is 1. The molecule has 0 bridgehead atoms. The maximum atomic E-state index is 14.4. The average molecular weight is 761 g/mol. The van der Waals surface area contributed by atoms with Gasteiger partial charge in [0.1, 0.15) is 45.6 Å². The van der Waals surface area contributed by atoms with E-state index in [0.29, 0.717) is 59.2 Å². The van der Waals surface area contributed by atoms with Crippen molar-refractivity contribution in [3.8, 4) is 34.5 Å². The number of aromatic nitrogens is 2. The number of terminal acetylenes is 1. The quantitative estimate of drug-likeness (QED) is 0.261. The van der Waals surface area contributed by atoms with Crippen LogP contribution in [0.4, 0.5) is 4.79 Å². The van der Waals surface area contributed by atoms with Gasteiger partial charge in [0.2, 0.25) is 15.9 Å². The number of methoxy groups -OCH3 is 1. The number of rotatable bonds is 7. The number of urea groups is 1. The first-order valence-corrected chi connectivity index (χ1v) is 20.3. The van der Waals surface area contributed by atoms with Crippen molar-refractivity contribution in [2.24, 2.45) is 5.92 Å². The SMILES string of the molecule is C#Cc1csc(-c2cc(O[C@H]3CCN4C(=O)N(C)CCCC/C=C\[C@H]5C[C@@]5(C(=O)NS(=O)(=O)C5(C)CC5)NC(=O)[C@@H]4C3)c3ccc(OC)c(C)c3n2)n1. The molecule has 2 aliphatic carbocycles. The van der Waals surface area contributed by atoms with E-state index in [1.54, 1.807) is 36.3 Å². The second kappa shape index (κ2) is 13.9. The van der Waals surface area contributed by atoms with E-state index in [0.717, 1.165) is 30.2 Å². The molecule has 0 unspecified atom stereocenters. The minimum absolute atomic E-state index is 0.132. The molecule has 1 aromatic carbocycles. The van der Waals surface area contributed by atoms with E-state index >= 15 is 0 Å². The summed E-state index contributed by atoms with van der Waals surface area (Å²) in [5.74, 6) is 2.07. The zero-order chi connectivity index (χ0) is 37.7. The van der Waals surface area contributed by atoms with Crippen molar-refractivity contribution < 1.29 is 32.3 Å². The van der Waals surface area contributed by atoms with Crippen LogP contribution in [0.15, 0.2) is 35.7 Å². The van der Waals surface area contributed by atoms with Crippen LogP contribution in [0.2, 0.25) is 0 Å². The summed E-state index contributed by atoms with van der Waals surface area (Å²) in [7, 11) is -0.629. The van der Waals surface area contributed by atoms with Gasteiger partial charge in [0, 0.05) is 61.3 Å². The van der Waals surface area contributed by atoms with Crippen LogP contribution in [-0.2, 0) is 19.6 Å². The number of allylic oxidation sites excluding steroid dienone is 1. The van der Waals surface area contributed by atoms with Crippen LogP contribution in [0.25, 0.3) is 21.6 Å². The Morgan fingerprint density at radius 3 is 2.68 bits per heavy atom. The number of carbonyl (C=O) groups is 3. The molecule has 2 aromatic heterocycles. The van der Waals surface area contributed by atoms with Gasteiger partial charge in [-0.1, -0.05) is 12.2 Å². The Kier molecular flexibility index (Phi) is 9.65. The number of amides is 4. The van der Waals surface area contributed by atoms with Gasteiger partial charge in [-0.15, -0.1) is 17.8 Å². The third-order valence-corrected chi connectivity index (χ3v) is 14.1. The lowest BCUT2D eigenvalue weighted by Crippen LogP contribution is -2.61. The largest absolute Gasteiger partial charge is 0.496 e. The van der Waals surface area contributed by atoms with Crippen molar-refractivity contribution in [2.45, 2.75) is 87.6 Å². The summed E-state index contributed by atoms with van der Waals surface area (Å²) in [5.41, 5.74) is 1.08. The maximum absolute atomic E-state index is 14.4. The molecule has 2 saturated carbocycles. The van der Waals surface area contributed by atoms with E-state index in [2.05, 4.69) is 20.9 Å². The lowest BCUT2D eigenvalue weighted by Gasteiger charge is -2.40. The summed E-state index contributed by atoms with van der Waals surface area (Å²) < 4.78 is 39.8. The minimum atomic E-state index is -3.95. The highest BCUT2D eigenvalue weighted by Crippen LogP contribution is 2.47. The van der Waals surface area contributed by atoms with Crippen molar-refractivity contribution in [2.75, 3.05) is 27.2 Å². The Balaban J connectivity index is 1.21. The Bertz CT molecular complexity index is 2160. The lowest BCUT2D eigenvalue weighted by atomic mass is 9.97. The van der Waals surface area contributed by atoms with E-state index in [1.165, 1.54) is 11.3 Å². The Morgan fingerprint density at radius 1 is 1.17 bits per heavy atom. The first-order valence-electron chi connectivity index (χ1n) is 17.9. The average Bonchev–Trinajstić information content (AvgIpc) is 4.01. The predicted molar refractivity (Wildman–Crippen MR) is 201 cm³/mol. The molecule has 4 atom stereocenters. The van der Waals surface area contributed by atoms with Crippen molar-refractivity contribution in [1.82, 2.24) is 29.8 Å². The zero-order valence-electron chi connectivity index (χ0n) is 30.3. The van der Waals surface area contributed by atoms with E-state index in [1.807, 2.05) is 37.3 Å². The Labute approximate surface area is 313 Å². The molecule has 4 heterocycles. The normalized spacial score (nSPS) is 26.3. The third-order valence-electron chi connectivity index (χ3n) is 11.0. The topological polar surface area (TPSA) is 160 Å². The van der Waals surface area contributed by atoms with Crippen LogP contribution in [0.3, 0.4) is 0 Å². The second-order valence-corrected chi connectivity index (χ2v) is 17.8. The fourth-order valence-corrected chi connectivity index (χ4v) is 9.25. The molecule has 2 N–H and O–H groups in total. The minimum Gasteiger partial charge on any atom is -0.496 e. The van der Waals surface area contributed by atoms with Gasteiger partial charge in [0.15, 0.2) is 0 Å². The van der Waals surface area contributed by atoms with Crippen molar-refractivity contribution in [3.63, 3.8) is 0 Å². The molecule has 1 saturated heterocycles. The number of nitrogens with zero attached hydrogens (tertiary/aromatic N) is 4. The number of benzene rings is 1. The van der Waals surface area contributed by atoms with Gasteiger partial charge in [-0.3, -0.25) is 14.3 Å². The van der Waals surface area contributed by atoms with Crippen LogP contribution >= 0.6 is 11.3 Å². The molecule has 15 heteroatoms. The summed E-state index contributed by atoms with van der Waals surface area (Å²) >= 11 is 1.37. The Morgan fingerprint density at radius 2 is 1.96 bits per heavy atom. The summed E-state index contributed by atoms with van der Waals surface area (Å²) in [6, 6.07) is 4.25. The molecular formula is C38H44N6O7S2. The van der Waals surface area contributed by atoms with Gasteiger partial charge in [-0.2, -0.15) is 0 Å². The Hall–Kier alpha value is -4.68. The zero-order valence-corrected chi connectivity index (χ0v) is 31.9. The van der Waals surface area contributed by atoms with Crippen molar-refractivity contribution >= 4 is 50.1 Å². The van der Waals surface area contributed by atoms with E-state index in [4.69, 9.17) is 20.9 Å². The van der Waals surface area contributed by atoms with Gasteiger partial charge in [0.05, 0.1) is 17.4 Å². The van der Waals surface area contributed by atoms with Gasteiger partial charge in [-0.25, -0.2) is 23.2 Å². The van der Waals surface area contributed by atoms with Gasteiger partial charge >= 0.3 is 6.03 Å². The molecule has 7 rings (SSSR count). The predicted octanol–water partition coefficient (Wildman–Crippen LogP) is 4.53. The number of carbonyl (C=O) groups excluding carboxylic acids is 3. The second-order valence-electron chi connectivity index (χ2n) is 14.7. The van der Waals surface area contributed by atoms with Crippen molar-refractivity contribution in [3.05, 3.63) is 47.0 Å². The summed E-state index contributed by atoms with van der Waals surface area (Å²) in [4.78, 5) is 54.7. The monoisotopic (exact) mass is 760 g/mol. The number of sulfonamides is 1. The number of thiazole rings is 1. The molecule has 280 valence electrons. The summed E-state index contributed by atoms with van der Waals surface area (Å²) in [6.07, 6.45) is 13.0. The summed E-state index contributed by atoms with van der Waals surface area (Å²) in [6.45, 7) is 4.27. The summed E-state index contributed by atoms with van der Waals surface area (Å²) in [5, 5.41) is 6.08. The number of ether oxygens (including phenoxy) is 2. The number of hydrogen-bond acceptors (Lipinski definition) is 10. The third kappa shape index (κ3) is 6.94. The fraction of sp³-hybridized carbons (Fsp3) is 0.500. The van der Waals surface area contributed by atoms with Crippen molar-refractivity contribution in [1.29, 1.82) is 0 Å². The molecule has 4 amide bonds. The number of fused-ring (bicyclic) bond motifs is 3. The van der Waals surface area contributed by atoms with Crippen LogP contribution < -0.4 is 19.5 Å². The van der Waals surface area contributed by atoms with E-state index in [9.17, 15) is 22.8 Å². The van der Waals surface area contributed by atoms with Gasteiger partial charge in [0.25, 0.3) is 5.91 Å². The van der Waals surface area contributed by atoms with Crippen LogP contribution in [0.1, 0.15) is 69.5 Å². The molecule has 13 nitrogen and oxygen atoms in total. The highest BCUT2D eigenvalue weighted by molar-refractivity contribution is 7.91. The molecule has 3 fully saturated rings. The standard InChI is InChI=1S/C38H44N6O7S2/c1-6-25-22-52-34(39-25)28-20-31(27-12-13-30(50-5)23(2)32(27)40-28)51-26-14-18-44-29(19-26)33(45)41-38(35(46)42-53(48,49)37(3)15-16-37)21-24(38)11-9-7-8-10-17-43(4)36(44)47/h1,9,11-13,20,22,24,26,29H,7-8,10,14-19,21H2,2-5H3,(H,41,45)(H,42,46)/b11-9-/t24-,26-,29-,38+/m0/s1. The van der Waals surface area contributed by atoms with Crippen LogP contribution in [-0.4, -0.2) is 95.7 Å². The van der Waals surface area contributed by atoms with Gasteiger partial charge in [-0.05, 0) is 70.4 Å². The number of pyridine rings is 1. The lowest BCUT2D eigenvalue weighted by molar-refractivity contribution is -0.133. The smallest absolute Gasteiger partial charge is 0.320 e. The highest BCUT2D eigenvalue weighted by Gasteiger charge is 2.63. The molecule has 3 aromatic rings. The van der Waals surface area contributed by atoms with Crippen LogP contribution in [0, 0.1) is 25.2 Å². The number of aryl methyl sites for hydroxylation is 1. The first-order chi connectivity index (χ1) is 25.3. The number of nitrogens with one attached hydrogen (secondary N) is 2. The van der Waals surface area contributed by atoms with E-state index < -0.39 is 44.3 Å². The molecular weight excluding hydrogens is 717 g/mol. The van der Waals surface area contributed by atoms with Gasteiger partial charge < -0.3 is 24.6 Å². The maximum Gasteiger partial charge on any atom is 0.320 e. The first kappa shape index (κ1) is 36.7. The molecule has 53 heavy (non-hydrogen) atoms. The van der Waals surface area contributed by atoms with Crippen LogP contribution in [0.5, 0.6) is 11.5 Å². The molecule has 0 spiro atoms. The molecule has 2 aliphatic heterocycles. The molecule has 0 radical (unpaired) electrons. The van der Waals surface area contributed by atoms with E-state index in [-0.39, 0.29) is 31.3 Å². The fourth-order valence-electron chi connectivity index (χ4n) is 7.21. The highest BCUT2D eigenvalue weighted by atomic mass is 32.2.